The molecule has 0 saturated carbocycles. The number of nitrogens with one attached hydrogen (secondary N) is 1. The van der Waals surface area contributed by atoms with Gasteiger partial charge in [-0.25, -0.2) is 12.8 Å². The molecule has 1 N–H and O–H groups in total. The van der Waals surface area contributed by atoms with Gasteiger partial charge in [-0.1, -0.05) is 12.1 Å². The second kappa shape index (κ2) is 10.6. The summed E-state index contributed by atoms with van der Waals surface area (Å²) >= 11 is 0. The average molecular weight is 516 g/mol. The van der Waals surface area contributed by atoms with Crippen LogP contribution in [0.1, 0.15) is 29.0 Å². The Morgan fingerprint density at radius 3 is 2.44 bits per heavy atom. The molecule has 1 aliphatic rings. The number of aryl methyl sites for hydroxylation is 1. The highest BCUT2D eigenvalue weighted by atomic mass is 32.2. The number of sulfone groups is 1. The Bertz CT molecular complexity index is 1350. The van der Waals surface area contributed by atoms with Gasteiger partial charge >= 0.3 is 5.97 Å². The van der Waals surface area contributed by atoms with Crippen LogP contribution in [0.25, 0.3) is 11.3 Å². The number of rotatable bonds is 9. The van der Waals surface area contributed by atoms with E-state index in [1.54, 1.807) is 44.3 Å². The van der Waals surface area contributed by atoms with Crippen molar-refractivity contribution in [2.75, 3.05) is 25.6 Å². The fourth-order valence-corrected chi connectivity index (χ4v) is 4.74. The van der Waals surface area contributed by atoms with Crippen molar-refractivity contribution in [1.29, 1.82) is 0 Å². The maximum Gasteiger partial charge on any atom is 0.321 e. The maximum atomic E-state index is 13.2. The Kier molecular flexibility index (Phi) is 7.51. The lowest BCUT2D eigenvalue weighted by molar-refractivity contribution is -0.147. The average Bonchev–Trinajstić information content (AvgIpc) is 3.20. The molecule has 190 valence electrons. The molecule has 3 aromatic rings. The number of carbonyl (C=O) groups excluding carboxylic acids is 2. The van der Waals surface area contributed by atoms with Gasteiger partial charge in [0.2, 0.25) is 0 Å². The molecule has 4 rings (SSSR count). The van der Waals surface area contributed by atoms with E-state index in [0.717, 1.165) is 0 Å². The van der Waals surface area contributed by atoms with E-state index in [4.69, 9.17) is 9.47 Å². The van der Waals surface area contributed by atoms with Gasteiger partial charge in [-0.15, -0.1) is 0 Å². The minimum absolute atomic E-state index is 0.00993. The molecule has 0 bridgehead atoms. The van der Waals surface area contributed by atoms with Gasteiger partial charge in [0.15, 0.2) is 15.6 Å². The summed E-state index contributed by atoms with van der Waals surface area (Å²) in [5, 5.41) is 7.19. The summed E-state index contributed by atoms with van der Waals surface area (Å²) in [4.78, 5) is 24.8. The van der Waals surface area contributed by atoms with Crippen molar-refractivity contribution in [3.63, 3.8) is 0 Å². The van der Waals surface area contributed by atoms with Crippen molar-refractivity contribution >= 4 is 21.7 Å². The highest BCUT2D eigenvalue weighted by molar-refractivity contribution is 7.92. The molecule has 0 aliphatic carbocycles. The van der Waals surface area contributed by atoms with Crippen LogP contribution in [0.5, 0.6) is 0 Å². The molecule has 9 nitrogen and oxygen atoms in total. The molecule has 0 radical (unpaired) electrons. The Hall–Kier alpha value is -3.57. The third-order valence-corrected chi connectivity index (χ3v) is 7.44. The lowest BCUT2D eigenvalue weighted by Gasteiger charge is -2.25. The topological polar surface area (TPSA) is 117 Å². The summed E-state index contributed by atoms with van der Waals surface area (Å²) in [6.45, 7) is 2.92. The predicted molar refractivity (Wildman–Crippen MR) is 128 cm³/mol. The van der Waals surface area contributed by atoms with E-state index in [9.17, 15) is 22.4 Å². The largest absolute Gasteiger partial charge is 0.464 e. The molecule has 1 aliphatic heterocycles. The summed E-state index contributed by atoms with van der Waals surface area (Å²) in [5.74, 6) is -2.17. The van der Waals surface area contributed by atoms with Gasteiger partial charge in [0.1, 0.15) is 11.5 Å². The zero-order chi connectivity index (χ0) is 25.9. The van der Waals surface area contributed by atoms with Crippen molar-refractivity contribution in [3.05, 3.63) is 71.7 Å². The van der Waals surface area contributed by atoms with E-state index in [0.29, 0.717) is 35.7 Å². The van der Waals surface area contributed by atoms with Crippen molar-refractivity contribution in [2.24, 2.45) is 13.0 Å². The number of amides is 1. The number of hydrogen-bond donors (Lipinski definition) is 1. The second-order valence-electron chi connectivity index (χ2n) is 8.66. The number of ether oxygens (including phenoxy) is 2. The summed E-state index contributed by atoms with van der Waals surface area (Å²) in [7, 11) is -2.23. The number of halogens is 1. The smallest absolute Gasteiger partial charge is 0.321 e. The molecule has 2 aromatic carbocycles. The Morgan fingerprint density at radius 1 is 1.17 bits per heavy atom. The number of nitrogens with zero attached hydrogens (tertiary/aromatic N) is 2. The molecule has 36 heavy (non-hydrogen) atoms. The van der Waals surface area contributed by atoms with Gasteiger partial charge in [-0.3, -0.25) is 14.3 Å². The van der Waals surface area contributed by atoms with Gasteiger partial charge in [0.25, 0.3) is 5.91 Å². The summed E-state index contributed by atoms with van der Waals surface area (Å²) in [6, 6.07) is 13.0. The first kappa shape index (κ1) is 25.5. The lowest BCUT2D eigenvalue weighted by Crippen LogP contribution is -2.33. The fraction of sp³-hybridized carbons (Fsp3) is 0.320. The van der Waals surface area contributed by atoms with E-state index in [2.05, 4.69) is 10.4 Å². The second-order valence-corrected chi connectivity index (χ2v) is 10.6. The van der Waals surface area contributed by atoms with E-state index < -0.39 is 27.6 Å². The number of carbonyl (C=O) groups is 2. The number of hydrogen-bond acceptors (Lipinski definition) is 7. The van der Waals surface area contributed by atoms with Crippen LogP contribution in [0, 0.1) is 11.7 Å². The van der Waals surface area contributed by atoms with Crippen LogP contribution in [-0.4, -0.2) is 55.6 Å². The molecular weight excluding hydrogens is 489 g/mol. The highest BCUT2D eigenvalue weighted by Crippen LogP contribution is 2.21. The molecule has 1 atom stereocenters. The quantitative estimate of drug-likeness (QED) is 0.436. The Labute approximate surface area is 208 Å². The molecule has 1 amide bonds. The Morgan fingerprint density at radius 2 is 1.83 bits per heavy atom. The van der Waals surface area contributed by atoms with Crippen molar-refractivity contribution < 1.29 is 31.9 Å². The molecule has 1 saturated heterocycles. The normalized spacial score (nSPS) is 14.6. The van der Waals surface area contributed by atoms with Crippen molar-refractivity contribution in [3.8, 4) is 11.3 Å². The number of esters is 1. The van der Waals surface area contributed by atoms with Crippen LogP contribution in [0.15, 0.2) is 59.5 Å². The van der Waals surface area contributed by atoms with E-state index >= 15 is 0 Å². The van der Waals surface area contributed by atoms with E-state index in [1.807, 2.05) is 0 Å². The van der Waals surface area contributed by atoms with Crippen LogP contribution in [0.3, 0.4) is 0 Å². The first-order chi connectivity index (χ1) is 17.1. The van der Waals surface area contributed by atoms with Gasteiger partial charge in [0.05, 0.1) is 36.5 Å². The van der Waals surface area contributed by atoms with E-state index in [1.165, 1.54) is 28.9 Å². The highest BCUT2D eigenvalue weighted by Gasteiger charge is 2.24. The van der Waals surface area contributed by atoms with Crippen LogP contribution in [0.4, 0.5) is 4.39 Å². The zero-order valence-corrected chi connectivity index (χ0v) is 20.6. The molecule has 1 aromatic heterocycles. The lowest BCUT2D eigenvalue weighted by atomic mass is 10.1. The summed E-state index contributed by atoms with van der Waals surface area (Å²) < 4.78 is 49.8. The molecule has 2 heterocycles. The zero-order valence-electron chi connectivity index (χ0n) is 19.8. The third kappa shape index (κ3) is 5.97. The fourth-order valence-electron chi connectivity index (χ4n) is 3.63. The summed E-state index contributed by atoms with van der Waals surface area (Å²) in [5.41, 5.74) is 2.20. The standard InChI is InChI=1S/C25H26FN3O6S/c1-16(27-25(31)23-11-22(28-29(23)2)19-3-7-20(26)8-4-19)18-5-9-21(10-6-18)36(32,33)15-24(30)35-14-17-12-34-13-17/h3-11,16-17H,12-15H2,1-2H3,(H,27,31). The minimum atomic E-state index is -3.86. The Balaban J connectivity index is 1.37. The first-order valence-corrected chi connectivity index (χ1v) is 12.9. The van der Waals surface area contributed by atoms with Crippen LogP contribution in [0.2, 0.25) is 0 Å². The molecule has 1 fully saturated rings. The van der Waals surface area contributed by atoms with Crippen LogP contribution in [-0.2, 0) is 31.2 Å². The van der Waals surface area contributed by atoms with Crippen molar-refractivity contribution in [1.82, 2.24) is 15.1 Å². The van der Waals surface area contributed by atoms with Crippen molar-refractivity contribution in [2.45, 2.75) is 17.9 Å². The number of benzene rings is 2. The van der Waals surface area contributed by atoms with Gasteiger partial charge in [0, 0.05) is 18.5 Å². The maximum absolute atomic E-state index is 13.2. The third-order valence-electron chi connectivity index (χ3n) is 5.83. The molecule has 11 heteroatoms. The SMILES string of the molecule is CC(NC(=O)c1cc(-c2ccc(F)cc2)nn1C)c1ccc(S(=O)(=O)CC(=O)OCC2COC2)cc1. The van der Waals surface area contributed by atoms with Gasteiger partial charge in [-0.05, 0) is 55.0 Å². The molecule has 1 unspecified atom stereocenters. The van der Waals surface area contributed by atoms with Gasteiger partial charge in [-0.2, -0.15) is 5.10 Å². The van der Waals surface area contributed by atoms with E-state index in [-0.39, 0.29) is 29.1 Å². The number of aromatic nitrogens is 2. The van der Waals surface area contributed by atoms with Crippen LogP contribution >= 0.6 is 0 Å². The monoisotopic (exact) mass is 515 g/mol. The summed E-state index contributed by atoms with van der Waals surface area (Å²) in [6.07, 6.45) is 0. The molecular formula is C25H26FN3O6S. The molecule has 0 spiro atoms. The van der Waals surface area contributed by atoms with Crippen LogP contribution < -0.4 is 5.32 Å². The first-order valence-electron chi connectivity index (χ1n) is 11.3. The minimum Gasteiger partial charge on any atom is -0.464 e. The predicted octanol–water partition coefficient (Wildman–Crippen LogP) is 2.68. The van der Waals surface area contributed by atoms with Gasteiger partial charge < -0.3 is 14.8 Å².